The van der Waals surface area contributed by atoms with E-state index in [1.807, 2.05) is 23.5 Å². The van der Waals surface area contributed by atoms with Gasteiger partial charge < -0.3 is 9.80 Å². The molecule has 0 saturated heterocycles. The molecule has 0 aromatic carbocycles. The molecule has 1 aliphatic rings. The largest absolute Gasteiger partial charge is 0.304 e. The van der Waals surface area contributed by atoms with E-state index in [1.165, 1.54) is 0 Å². The van der Waals surface area contributed by atoms with Crippen molar-refractivity contribution < 1.29 is 4.79 Å². The highest BCUT2D eigenvalue weighted by Crippen LogP contribution is 2.12. The summed E-state index contributed by atoms with van der Waals surface area (Å²) in [7, 11) is 0. The lowest BCUT2D eigenvalue weighted by molar-refractivity contribution is -0.110. The number of carbonyl (C=O) groups excluding carboxylic acids is 1. The van der Waals surface area contributed by atoms with Gasteiger partial charge in [0.1, 0.15) is 6.29 Å². The lowest BCUT2D eigenvalue weighted by Crippen LogP contribution is -2.39. The molecule has 0 aliphatic carbocycles. The molecular formula is C6H10N2OS. The van der Waals surface area contributed by atoms with Crippen LogP contribution in [0.15, 0.2) is 11.6 Å². The number of carbonyl (C=O) groups is 1. The monoisotopic (exact) mass is 158 g/mol. The van der Waals surface area contributed by atoms with E-state index in [2.05, 4.69) is 5.43 Å². The molecule has 1 N–H and O–H groups in total. The SMILES string of the molecule is CC(C=O)NN1C=CSC1. The Morgan fingerprint density at radius 2 is 2.70 bits per heavy atom. The third kappa shape index (κ3) is 2.04. The predicted octanol–water partition coefficient (Wildman–Crippen LogP) is 0.556. The van der Waals surface area contributed by atoms with Crippen LogP contribution in [0.2, 0.25) is 0 Å². The third-order valence-electron chi connectivity index (χ3n) is 1.12. The fourth-order valence-corrected chi connectivity index (χ4v) is 1.30. The zero-order chi connectivity index (χ0) is 7.40. The number of nitrogens with one attached hydrogen (secondary N) is 1. The van der Waals surface area contributed by atoms with Crippen molar-refractivity contribution >= 4 is 18.0 Å². The second kappa shape index (κ2) is 3.63. The molecule has 1 unspecified atom stereocenters. The van der Waals surface area contributed by atoms with Gasteiger partial charge in [-0.1, -0.05) is 0 Å². The number of rotatable bonds is 3. The van der Waals surface area contributed by atoms with E-state index in [4.69, 9.17) is 0 Å². The van der Waals surface area contributed by atoms with Gasteiger partial charge in [0, 0.05) is 6.20 Å². The van der Waals surface area contributed by atoms with Crippen LogP contribution in [0.4, 0.5) is 0 Å². The van der Waals surface area contributed by atoms with E-state index in [0.717, 1.165) is 12.2 Å². The Balaban J connectivity index is 2.24. The van der Waals surface area contributed by atoms with Gasteiger partial charge in [0.05, 0.1) is 11.9 Å². The molecule has 1 heterocycles. The van der Waals surface area contributed by atoms with Crippen LogP contribution < -0.4 is 5.43 Å². The first-order chi connectivity index (χ1) is 4.83. The van der Waals surface area contributed by atoms with Crippen molar-refractivity contribution in [2.24, 2.45) is 0 Å². The molecule has 1 aliphatic heterocycles. The van der Waals surface area contributed by atoms with Crippen molar-refractivity contribution in [3.05, 3.63) is 11.6 Å². The first kappa shape index (κ1) is 7.63. The third-order valence-corrected chi connectivity index (χ3v) is 1.87. The molecule has 0 fully saturated rings. The van der Waals surface area contributed by atoms with Gasteiger partial charge in [-0.25, -0.2) is 5.43 Å². The molecule has 0 bridgehead atoms. The maximum atomic E-state index is 10.2. The summed E-state index contributed by atoms with van der Waals surface area (Å²) in [6.45, 7) is 1.82. The topological polar surface area (TPSA) is 32.3 Å². The summed E-state index contributed by atoms with van der Waals surface area (Å²) in [5.41, 5.74) is 2.99. The summed E-state index contributed by atoms with van der Waals surface area (Å²) in [5.74, 6) is 0.887. The van der Waals surface area contributed by atoms with Crippen molar-refractivity contribution in [3.63, 3.8) is 0 Å². The minimum Gasteiger partial charge on any atom is -0.304 e. The average molecular weight is 158 g/mol. The Bertz CT molecular complexity index is 149. The minimum absolute atomic E-state index is 0.0941. The smallest absolute Gasteiger partial charge is 0.138 e. The first-order valence-electron chi connectivity index (χ1n) is 3.09. The number of aldehydes is 1. The number of hydrazine groups is 1. The fourth-order valence-electron chi connectivity index (χ4n) is 0.655. The molecule has 0 saturated carbocycles. The number of nitrogens with zero attached hydrogens (tertiary/aromatic N) is 1. The molecule has 10 heavy (non-hydrogen) atoms. The zero-order valence-electron chi connectivity index (χ0n) is 5.78. The van der Waals surface area contributed by atoms with E-state index in [9.17, 15) is 4.79 Å². The number of hydrogen-bond donors (Lipinski definition) is 1. The van der Waals surface area contributed by atoms with Gasteiger partial charge in [-0.15, -0.1) is 11.8 Å². The quantitative estimate of drug-likeness (QED) is 0.608. The lowest BCUT2D eigenvalue weighted by atomic mass is 10.4. The first-order valence-corrected chi connectivity index (χ1v) is 4.14. The number of hydrogen-bond acceptors (Lipinski definition) is 4. The van der Waals surface area contributed by atoms with E-state index in [0.29, 0.717) is 0 Å². The van der Waals surface area contributed by atoms with E-state index in [-0.39, 0.29) is 6.04 Å². The Morgan fingerprint density at radius 1 is 1.90 bits per heavy atom. The van der Waals surface area contributed by atoms with Gasteiger partial charge in [0.15, 0.2) is 0 Å². The molecule has 0 spiro atoms. The molecular weight excluding hydrogens is 148 g/mol. The summed E-state index contributed by atoms with van der Waals surface area (Å²) >= 11 is 1.70. The summed E-state index contributed by atoms with van der Waals surface area (Å²) in [6.07, 6.45) is 2.81. The van der Waals surface area contributed by atoms with E-state index in [1.54, 1.807) is 11.8 Å². The second-order valence-electron chi connectivity index (χ2n) is 2.10. The van der Waals surface area contributed by atoms with Crippen LogP contribution in [-0.2, 0) is 4.79 Å². The Labute approximate surface area is 64.4 Å². The molecule has 0 aromatic heterocycles. The molecule has 1 rings (SSSR count). The Morgan fingerprint density at radius 3 is 3.20 bits per heavy atom. The molecule has 56 valence electrons. The fraction of sp³-hybridized carbons (Fsp3) is 0.500. The van der Waals surface area contributed by atoms with Crippen molar-refractivity contribution in [3.8, 4) is 0 Å². The van der Waals surface area contributed by atoms with Gasteiger partial charge in [0.2, 0.25) is 0 Å². The summed E-state index contributed by atoms with van der Waals surface area (Å²) in [6, 6.07) is -0.0941. The standard InChI is InChI=1S/C6H10N2OS/c1-6(4-9)7-8-2-3-10-5-8/h2-4,6-7H,5H2,1H3. The summed E-state index contributed by atoms with van der Waals surface area (Å²) in [5, 5.41) is 3.88. The maximum absolute atomic E-state index is 10.2. The van der Waals surface area contributed by atoms with Crippen LogP contribution >= 0.6 is 11.8 Å². The highest BCUT2D eigenvalue weighted by molar-refractivity contribution is 8.02. The highest BCUT2D eigenvalue weighted by Gasteiger charge is 2.06. The van der Waals surface area contributed by atoms with Crippen molar-refractivity contribution in [2.75, 3.05) is 5.88 Å². The van der Waals surface area contributed by atoms with Crippen molar-refractivity contribution in [1.29, 1.82) is 0 Å². The lowest BCUT2D eigenvalue weighted by Gasteiger charge is -2.17. The Kier molecular flexibility index (Phi) is 2.77. The van der Waals surface area contributed by atoms with E-state index >= 15 is 0 Å². The normalized spacial score (nSPS) is 19.5. The minimum atomic E-state index is -0.0941. The molecule has 0 radical (unpaired) electrons. The van der Waals surface area contributed by atoms with Crippen LogP contribution in [0.3, 0.4) is 0 Å². The predicted molar refractivity (Wildman–Crippen MR) is 42.1 cm³/mol. The molecule has 0 amide bonds. The molecule has 0 aromatic rings. The van der Waals surface area contributed by atoms with Crippen LogP contribution in [-0.4, -0.2) is 23.2 Å². The second-order valence-corrected chi connectivity index (χ2v) is 2.97. The summed E-state index contributed by atoms with van der Waals surface area (Å²) in [4.78, 5) is 10.2. The average Bonchev–Trinajstić information content (AvgIpc) is 2.40. The van der Waals surface area contributed by atoms with Crippen LogP contribution in [0.1, 0.15) is 6.92 Å². The molecule has 3 nitrogen and oxygen atoms in total. The van der Waals surface area contributed by atoms with Gasteiger partial charge in [-0.05, 0) is 12.3 Å². The Hall–Kier alpha value is -0.480. The van der Waals surface area contributed by atoms with Gasteiger partial charge in [0.25, 0.3) is 0 Å². The summed E-state index contributed by atoms with van der Waals surface area (Å²) < 4.78 is 0. The van der Waals surface area contributed by atoms with Crippen LogP contribution in [0, 0.1) is 0 Å². The van der Waals surface area contributed by atoms with Gasteiger partial charge >= 0.3 is 0 Å². The van der Waals surface area contributed by atoms with Crippen molar-refractivity contribution in [2.45, 2.75) is 13.0 Å². The van der Waals surface area contributed by atoms with Crippen molar-refractivity contribution in [1.82, 2.24) is 10.4 Å². The van der Waals surface area contributed by atoms with Crippen LogP contribution in [0.5, 0.6) is 0 Å². The molecule has 4 heteroatoms. The van der Waals surface area contributed by atoms with E-state index < -0.39 is 0 Å². The van der Waals surface area contributed by atoms with Crippen LogP contribution in [0.25, 0.3) is 0 Å². The highest BCUT2D eigenvalue weighted by atomic mass is 32.2. The molecule has 1 atom stereocenters. The van der Waals surface area contributed by atoms with Gasteiger partial charge in [-0.3, -0.25) is 0 Å². The zero-order valence-corrected chi connectivity index (χ0v) is 6.60. The van der Waals surface area contributed by atoms with Gasteiger partial charge in [-0.2, -0.15) is 0 Å². The maximum Gasteiger partial charge on any atom is 0.138 e. The number of thioether (sulfide) groups is 1.